The van der Waals surface area contributed by atoms with Crippen molar-refractivity contribution >= 4 is 36.1 Å². The molecule has 1 saturated heterocycles. The van der Waals surface area contributed by atoms with Gasteiger partial charge in [-0.2, -0.15) is 0 Å². The molecule has 4 heteroatoms. The number of nitrogens with one attached hydrogen (secondary N) is 1. The van der Waals surface area contributed by atoms with E-state index in [1.54, 1.807) is 0 Å². The first-order chi connectivity index (χ1) is 14.0. The first-order valence-corrected chi connectivity index (χ1v) is 13.5. The van der Waals surface area contributed by atoms with E-state index in [-0.39, 0.29) is 32.8 Å². The molecule has 3 nitrogen and oxygen atoms in total. The average molecular weight is 502 g/mol. The lowest BCUT2D eigenvalue weighted by Gasteiger charge is -2.23. The summed E-state index contributed by atoms with van der Waals surface area (Å²) in [5, 5.41) is 10.8. The first kappa shape index (κ1) is 20.8. The van der Waals surface area contributed by atoms with Gasteiger partial charge in [-0.25, -0.2) is 0 Å². The molecule has 1 fully saturated rings. The molecular formula is C25H31IN2O. The minimum absolute atomic E-state index is 0.0205. The van der Waals surface area contributed by atoms with Crippen LogP contribution in [-0.2, 0) is 12.0 Å². The molecular weight excluding hydrogens is 471 g/mol. The van der Waals surface area contributed by atoms with E-state index < -0.39 is 0 Å². The lowest BCUT2D eigenvalue weighted by atomic mass is 9.85. The maximum Gasteiger partial charge on any atom is 0.0587 e. The number of fused-ring (bicyclic) bond motifs is 1. The molecule has 2 heterocycles. The summed E-state index contributed by atoms with van der Waals surface area (Å²) in [4.78, 5) is 5.96. The van der Waals surface area contributed by atoms with Crippen molar-refractivity contribution in [1.82, 2.24) is 9.88 Å². The number of likely N-dealkylation sites (tertiary alicyclic amines) is 1. The van der Waals surface area contributed by atoms with Gasteiger partial charge in [0.1, 0.15) is 0 Å². The number of aliphatic hydroxyl groups excluding tert-OH is 1. The number of aliphatic hydroxyl groups is 1. The van der Waals surface area contributed by atoms with Crippen molar-refractivity contribution in [3.63, 3.8) is 0 Å². The fourth-order valence-corrected chi connectivity index (χ4v) is 6.21. The maximum absolute atomic E-state index is 9.58. The van der Waals surface area contributed by atoms with Gasteiger partial charge in [0.05, 0.1) is 6.61 Å². The highest BCUT2D eigenvalue weighted by Gasteiger charge is 2.24. The number of alkyl halides is 1. The SMILES string of the molecule is C=ICC(C)(C)c1cccc(-c2ccc3[nH]c(CN4CCC[C@@H]4CO)cc3c2)c1. The molecule has 1 aliphatic heterocycles. The molecule has 2 N–H and O–H groups in total. The summed E-state index contributed by atoms with van der Waals surface area (Å²) in [5.74, 6) is 0. The lowest BCUT2D eigenvalue weighted by molar-refractivity contribution is 0.152. The second kappa shape index (κ2) is 8.70. The minimum Gasteiger partial charge on any atom is -0.395 e. The number of aromatic nitrogens is 1. The highest BCUT2D eigenvalue weighted by molar-refractivity contribution is 14.2. The van der Waals surface area contributed by atoms with Crippen LogP contribution in [-0.4, -0.2) is 43.1 Å². The Bertz CT molecular complexity index is 1010. The van der Waals surface area contributed by atoms with Crippen LogP contribution in [0, 0.1) is 0 Å². The third-order valence-electron chi connectivity index (χ3n) is 6.17. The minimum atomic E-state index is 0.0205. The van der Waals surface area contributed by atoms with Crippen LogP contribution >= 0.6 is 20.7 Å². The van der Waals surface area contributed by atoms with E-state index in [1.807, 2.05) is 0 Å². The third kappa shape index (κ3) is 4.49. The molecule has 1 aromatic heterocycles. The largest absolute Gasteiger partial charge is 0.395 e. The lowest BCUT2D eigenvalue weighted by Crippen LogP contribution is -2.31. The monoisotopic (exact) mass is 502 g/mol. The number of aromatic amines is 1. The molecule has 2 aromatic carbocycles. The van der Waals surface area contributed by atoms with Gasteiger partial charge < -0.3 is 10.1 Å². The predicted octanol–water partition coefficient (Wildman–Crippen LogP) is 5.47. The fraction of sp³-hybridized carbons (Fsp3) is 0.400. The topological polar surface area (TPSA) is 39.3 Å². The number of benzene rings is 2. The zero-order valence-corrected chi connectivity index (χ0v) is 19.6. The van der Waals surface area contributed by atoms with Gasteiger partial charge in [0.15, 0.2) is 0 Å². The molecule has 1 atom stereocenters. The van der Waals surface area contributed by atoms with Crippen LogP contribution in [0.1, 0.15) is 37.9 Å². The third-order valence-corrected chi connectivity index (χ3v) is 8.61. The average Bonchev–Trinajstić information content (AvgIpc) is 3.33. The van der Waals surface area contributed by atoms with Crippen molar-refractivity contribution in [2.24, 2.45) is 0 Å². The predicted molar refractivity (Wildman–Crippen MR) is 133 cm³/mol. The second-order valence-corrected chi connectivity index (χ2v) is 10.7. The quantitative estimate of drug-likeness (QED) is 0.332. The fourth-order valence-electron chi connectivity index (χ4n) is 4.42. The number of rotatable bonds is 7. The smallest absolute Gasteiger partial charge is 0.0587 e. The molecule has 0 saturated carbocycles. The molecule has 3 aromatic rings. The van der Waals surface area contributed by atoms with Gasteiger partial charge in [0, 0.05) is 33.6 Å². The van der Waals surface area contributed by atoms with Gasteiger partial charge in [-0.05, 0) is 59.7 Å². The summed E-state index contributed by atoms with van der Waals surface area (Å²) < 4.78 is 5.34. The van der Waals surface area contributed by atoms with Crippen molar-refractivity contribution in [3.05, 3.63) is 59.8 Å². The van der Waals surface area contributed by atoms with Crippen LogP contribution in [0.3, 0.4) is 0 Å². The number of hydrogen-bond donors (Lipinski definition) is 2. The van der Waals surface area contributed by atoms with Gasteiger partial charge in [-0.3, -0.25) is 4.90 Å². The first-order valence-electron chi connectivity index (χ1n) is 10.4. The molecule has 0 radical (unpaired) electrons. The highest BCUT2D eigenvalue weighted by Crippen LogP contribution is 2.32. The van der Waals surface area contributed by atoms with E-state index in [0.29, 0.717) is 6.04 Å². The van der Waals surface area contributed by atoms with E-state index in [1.165, 1.54) is 44.1 Å². The molecule has 0 unspecified atom stereocenters. The maximum atomic E-state index is 9.58. The molecule has 4 rings (SSSR count). The van der Waals surface area contributed by atoms with Crippen molar-refractivity contribution in [1.29, 1.82) is 0 Å². The standard InChI is InChI=1S/C25H31IN2O/c1-25(2,17-26-3)21-7-4-6-18(13-21)19-9-10-24-20(12-19)14-22(27-24)15-28-11-5-8-23(28)16-29/h4,6-7,9-10,12-14,23,27,29H,3,5,8,11,15-17H2,1-2H3/t23-/m1/s1. The van der Waals surface area contributed by atoms with Crippen molar-refractivity contribution < 1.29 is 5.11 Å². The summed E-state index contributed by atoms with van der Waals surface area (Å²) in [6, 6.07) is 18.3. The van der Waals surface area contributed by atoms with Gasteiger partial charge in [-0.15, -0.1) is 20.7 Å². The van der Waals surface area contributed by atoms with Crippen molar-refractivity contribution in [2.75, 3.05) is 17.6 Å². The van der Waals surface area contributed by atoms with Crippen LogP contribution in [0.2, 0.25) is 0 Å². The van der Waals surface area contributed by atoms with Crippen LogP contribution in [0.4, 0.5) is 0 Å². The van der Waals surface area contributed by atoms with E-state index in [0.717, 1.165) is 19.5 Å². The van der Waals surface area contributed by atoms with E-state index >= 15 is 0 Å². The normalized spacial score (nSPS) is 18.0. The number of nitrogens with zero attached hydrogens (tertiary/aromatic N) is 1. The summed E-state index contributed by atoms with van der Waals surface area (Å²) in [5.41, 5.74) is 6.54. The second-order valence-electron chi connectivity index (χ2n) is 8.83. The summed E-state index contributed by atoms with van der Waals surface area (Å²) >= 11 is 0.0205. The van der Waals surface area contributed by atoms with Gasteiger partial charge in [0.2, 0.25) is 0 Å². The highest BCUT2D eigenvalue weighted by atomic mass is 127. The van der Waals surface area contributed by atoms with Gasteiger partial charge in [-0.1, -0.05) is 48.7 Å². The van der Waals surface area contributed by atoms with E-state index in [2.05, 4.69) is 76.8 Å². The Kier molecular flexibility index (Phi) is 6.23. The Labute approximate surface area is 183 Å². The van der Waals surface area contributed by atoms with E-state index in [9.17, 15) is 5.11 Å². The van der Waals surface area contributed by atoms with Crippen LogP contribution in [0.5, 0.6) is 0 Å². The van der Waals surface area contributed by atoms with Crippen molar-refractivity contribution in [3.8, 4) is 11.1 Å². The number of hydrogen-bond acceptors (Lipinski definition) is 2. The van der Waals surface area contributed by atoms with Gasteiger partial charge >= 0.3 is 0 Å². The van der Waals surface area contributed by atoms with Crippen molar-refractivity contribution in [2.45, 2.75) is 44.7 Å². The van der Waals surface area contributed by atoms with Crippen LogP contribution < -0.4 is 0 Å². The van der Waals surface area contributed by atoms with E-state index in [4.69, 9.17) is 0 Å². The summed E-state index contributed by atoms with van der Waals surface area (Å²) in [6.07, 6.45) is 2.28. The Morgan fingerprint density at radius 2 is 2.00 bits per heavy atom. The molecule has 0 amide bonds. The zero-order chi connectivity index (χ0) is 20.4. The molecule has 29 heavy (non-hydrogen) atoms. The van der Waals surface area contributed by atoms with Crippen LogP contribution in [0.15, 0.2) is 48.5 Å². The Morgan fingerprint density at radius 1 is 1.17 bits per heavy atom. The Balaban J connectivity index is 1.60. The Morgan fingerprint density at radius 3 is 2.79 bits per heavy atom. The molecule has 1 aliphatic rings. The Hall–Kier alpha value is -1.50. The summed E-state index contributed by atoms with van der Waals surface area (Å²) in [7, 11) is 0. The number of halogens is 1. The number of H-pyrrole nitrogens is 1. The van der Waals surface area contributed by atoms with Gasteiger partial charge in [0.25, 0.3) is 0 Å². The van der Waals surface area contributed by atoms with Crippen LogP contribution in [0.25, 0.3) is 22.0 Å². The zero-order valence-electron chi connectivity index (χ0n) is 17.4. The molecule has 154 valence electrons. The molecule has 0 spiro atoms. The molecule has 0 aliphatic carbocycles. The molecule has 0 bridgehead atoms. The summed E-state index contributed by atoms with van der Waals surface area (Å²) in [6.45, 7) is 6.87.